The first-order valence-electron chi connectivity index (χ1n) is 6.87. The Kier molecular flexibility index (Phi) is 9.14. The van der Waals surface area contributed by atoms with Gasteiger partial charge in [-0.1, -0.05) is 33.6 Å². The number of rotatable bonds is 9. The fraction of sp³-hybridized carbons (Fsp3) is 0.929. The van der Waals surface area contributed by atoms with Gasteiger partial charge in [0.25, 0.3) is 0 Å². The third kappa shape index (κ3) is 9.16. The Labute approximate surface area is 106 Å². The Morgan fingerprint density at radius 2 is 1.82 bits per heavy atom. The molecule has 0 saturated carbocycles. The molecule has 0 fully saturated rings. The highest BCUT2D eigenvalue weighted by atomic mass is 16.5. The third-order valence-corrected chi connectivity index (χ3v) is 2.88. The van der Waals surface area contributed by atoms with Gasteiger partial charge in [0, 0.05) is 12.6 Å². The van der Waals surface area contributed by atoms with Crippen molar-refractivity contribution in [3.63, 3.8) is 0 Å². The van der Waals surface area contributed by atoms with Crippen LogP contribution in [0.5, 0.6) is 0 Å². The molecule has 0 aliphatic heterocycles. The van der Waals surface area contributed by atoms with E-state index in [1.54, 1.807) is 0 Å². The highest BCUT2D eigenvalue weighted by Crippen LogP contribution is 2.08. The minimum Gasteiger partial charge on any atom is -0.466 e. The van der Waals surface area contributed by atoms with Crippen molar-refractivity contribution in [1.82, 2.24) is 5.32 Å². The fourth-order valence-corrected chi connectivity index (χ4v) is 1.68. The molecule has 0 rings (SSSR count). The van der Waals surface area contributed by atoms with E-state index in [4.69, 9.17) is 4.74 Å². The van der Waals surface area contributed by atoms with Crippen molar-refractivity contribution in [3.8, 4) is 0 Å². The van der Waals surface area contributed by atoms with Crippen molar-refractivity contribution in [1.29, 1.82) is 0 Å². The van der Waals surface area contributed by atoms with Gasteiger partial charge in [-0.05, 0) is 26.2 Å². The van der Waals surface area contributed by atoms with Gasteiger partial charge in [0.2, 0.25) is 0 Å². The van der Waals surface area contributed by atoms with E-state index in [0.717, 1.165) is 5.92 Å². The molecule has 0 aromatic heterocycles. The summed E-state index contributed by atoms with van der Waals surface area (Å²) in [4.78, 5) is 11.4. The number of nitrogens with one attached hydrogen (secondary N) is 1. The molecule has 0 aromatic carbocycles. The van der Waals surface area contributed by atoms with Gasteiger partial charge in [0.1, 0.15) is 0 Å². The predicted octanol–water partition coefficient (Wildman–Crippen LogP) is 2.99. The lowest BCUT2D eigenvalue weighted by Gasteiger charge is -2.17. The summed E-state index contributed by atoms with van der Waals surface area (Å²) < 4.78 is 4.97. The molecule has 2 atom stereocenters. The van der Waals surface area contributed by atoms with Crippen LogP contribution < -0.4 is 5.32 Å². The molecule has 0 saturated heterocycles. The molecular formula is C14H29NO2. The van der Waals surface area contributed by atoms with Crippen LogP contribution in [0.1, 0.15) is 53.9 Å². The zero-order valence-electron chi connectivity index (χ0n) is 12.1. The Morgan fingerprint density at radius 1 is 1.18 bits per heavy atom. The van der Waals surface area contributed by atoms with Gasteiger partial charge in [-0.25, -0.2) is 0 Å². The van der Waals surface area contributed by atoms with Crippen LogP contribution >= 0.6 is 0 Å². The van der Waals surface area contributed by atoms with Gasteiger partial charge in [-0.3, -0.25) is 4.79 Å². The van der Waals surface area contributed by atoms with Crippen molar-refractivity contribution in [2.45, 2.75) is 59.9 Å². The average molecular weight is 243 g/mol. The lowest BCUT2D eigenvalue weighted by Crippen LogP contribution is -2.33. The lowest BCUT2D eigenvalue weighted by molar-refractivity contribution is -0.147. The molecular weight excluding hydrogens is 214 g/mol. The number of carbonyl (C=O) groups is 1. The van der Waals surface area contributed by atoms with Crippen molar-refractivity contribution in [3.05, 3.63) is 0 Å². The van der Waals surface area contributed by atoms with Crippen molar-refractivity contribution >= 4 is 5.97 Å². The summed E-state index contributed by atoms with van der Waals surface area (Å²) in [5, 5.41) is 3.39. The van der Waals surface area contributed by atoms with E-state index in [-0.39, 0.29) is 11.9 Å². The van der Waals surface area contributed by atoms with E-state index in [1.165, 1.54) is 19.3 Å². The molecule has 0 spiro atoms. The topological polar surface area (TPSA) is 38.3 Å². The van der Waals surface area contributed by atoms with Crippen molar-refractivity contribution in [2.75, 3.05) is 13.2 Å². The normalized spacial score (nSPS) is 14.7. The van der Waals surface area contributed by atoms with Gasteiger partial charge in [0.05, 0.1) is 12.5 Å². The SMILES string of the molecule is CCOC(=O)C(C)CNC(C)CCCC(C)C. The van der Waals surface area contributed by atoms with E-state index >= 15 is 0 Å². The summed E-state index contributed by atoms with van der Waals surface area (Å²) in [6, 6.07) is 0.477. The van der Waals surface area contributed by atoms with Crippen LogP contribution in [0, 0.1) is 11.8 Å². The predicted molar refractivity (Wildman–Crippen MR) is 72.0 cm³/mol. The molecule has 2 unspecified atom stereocenters. The van der Waals surface area contributed by atoms with Crippen LogP contribution in [0.3, 0.4) is 0 Å². The Bertz CT molecular complexity index is 204. The van der Waals surface area contributed by atoms with Gasteiger partial charge in [-0.15, -0.1) is 0 Å². The summed E-state index contributed by atoms with van der Waals surface area (Å²) in [6.45, 7) is 11.6. The van der Waals surface area contributed by atoms with Crippen LogP contribution in [0.15, 0.2) is 0 Å². The van der Waals surface area contributed by atoms with Crippen molar-refractivity contribution in [2.24, 2.45) is 11.8 Å². The summed E-state index contributed by atoms with van der Waals surface area (Å²) in [6.07, 6.45) is 3.70. The molecule has 0 heterocycles. The minimum atomic E-state index is -0.102. The zero-order chi connectivity index (χ0) is 13.3. The van der Waals surface area contributed by atoms with Gasteiger partial charge >= 0.3 is 5.97 Å². The molecule has 0 aromatic rings. The number of ether oxygens (including phenoxy) is 1. The molecule has 0 bridgehead atoms. The quantitative estimate of drug-likeness (QED) is 0.633. The van der Waals surface area contributed by atoms with Gasteiger partial charge in [0.15, 0.2) is 0 Å². The second kappa shape index (κ2) is 9.46. The van der Waals surface area contributed by atoms with Crippen LogP contribution in [0.4, 0.5) is 0 Å². The first kappa shape index (κ1) is 16.4. The highest BCUT2D eigenvalue weighted by Gasteiger charge is 2.14. The summed E-state index contributed by atoms with van der Waals surface area (Å²) in [5.41, 5.74) is 0. The fourth-order valence-electron chi connectivity index (χ4n) is 1.68. The molecule has 0 aliphatic rings. The monoisotopic (exact) mass is 243 g/mol. The number of hydrogen-bond donors (Lipinski definition) is 1. The van der Waals surface area contributed by atoms with E-state index < -0.39 is 0 Å². The summed E-state index contributed by atoms with van der Waals surface area (Å²) in [7, 11) is 0. The molecule has 102 valence electrons. The molecule has 0 aliphatic carbocycles. The summed E-state index contributed by atoms with van der Waals surface area (Å²) in [5.74, 6) is 0.623. The standard InChI is InChI=1S/C14H29NO2/c1-6-17-14(16)12(4)10-15-13(5)9-7-8-11(2)3/h11-13,15H,6-10H2,1-5H3. The largest absolute Gasteiger partial charge is 0.466 e. The second-order valence-corrected chi connectivity index (χ2v) is 5.29. The van der Waals surface area contributed by atoms with Crippen LogP contribution in [-0.2, 0) is 9.53 Å². The maximum Gasteiger partial charge on any atom is 0.309 e. The van der Waals surface area contributed by atoms with E-state index in [2.05, 4.69) is 26.1 Å². The Hall–Kier alpha value is -0.570. The Morgan fingerprint density at radius 3 is 2.35 bits per heavy atom. The highest BCUT2D eigenvalue weighted by molar-refractivity contribution is 5.72. The first-order chi connectivity index (χ1) is 7.97. The molecule has 0 amide bonds. The molecule has 1 N–H and O–H groups in total. The molecule has 17 heavy (non-hydrogen) atoms. The minimum absolute atomic E-state index is 0.0532. The van der Waals surface area contributed by atoms with Crippen molar-refractivity contribution < 1.29 is 9.53 Å². The summed E-state index contributed by atoms with van der Waals surface area (Å²) >= 11 is 0. The van der Waals surface area contributed by atoms with Crippen LogP contribution in [0.25, 0.3) is 0 Å². The maximum atomic E-state index is 11.4. The maximum absolute atomic E-state index is 11.4. The average Bonchev–Trinajstić information content (AvgIpc) is 2.25. The number of hydrogen-bond acceptors (Lipinski definition) is 3. The van der Waals surface area contributed by atoms with Gasteiger partial charge in [-0.2, -0.15) is 0 Å². The van der Waals surface area contributed by atoms with Crippen LogP contribution in [0.2, 0.25) is 0 Å². The Balaban J connectivity index is 3.61. The lowest BCUT2D eigenvalue weighted by atomic mass is 10.0. The van der Waals surface area contributed by atoms with Gasteiger partial charge < -0.3 is 10.1 Å². The zero-order valence-corrected chi connectivity index (χ0v) is 12.1. The molecule has 0 radical (unpaired) electrons. The van der Waals surface area contributed by atoms with E-state index in [1.807, 2.05) is 13.8 Å². The van der Waals surface area contributed by atoms with E-state index in [0.29, 0.717) is 19.2 Å². The van der Waals surface area contributed by atoms with E-state index in [9.17, 15) is 4.79 Å². The second-order valence-electron chi connectivity index (χ2n) is 5.29. The first-order valence-corrected chi connectivity index (χ1v) is 6.87. The van der Waals surface area contributed by atoms with Crippen LogP contribution in [-0.4, -0.2) is 25.2 Å². The molecule has 3 nitrogen and oxygen atoms in total. The smallest absolute Gasteiger partial charge is 0.309 e. The number of carbonyl (C=O) groups excluding carboxylic acids is 1. The molecule has 3 heteroatoms. The third-order valence-electron chi connectivity index (χ3n) is 2.88. The number of esters is 1.